The van der Waals surface area contributed by atoms with Gasteiger partial charge < -0.3 is 10.1 Å². The Labute approximate surface area is 151 Å². The number of carbonyl (C=O) groups excluding carboxylic acids is 2. The number of ether oxygens (including phenoxy) is 1. The van der Waals surface area contributed by atoms with Crippen LogP contribution in [-0.2, 0) is 4.74 Å². The van der Waals surface area contributed by atoms with Gasteiger partial charge in [0, 0.05) is 10.7 Å². The summed E-state index contributed by atoms with van der Waals surface area (Å²) in [5, 5.41) is 2.85. The highest BCUT2D eigenvalue weighted by Gasteiger charge is 2.32. The van der Waals surface area contributed by atoms with Gasteiger partial charge in [-0.05, 0) is 36.4 Å². The van der Waals surface area contributed by atoms with Crippen LogP contribution in [0.3, 0.4) is 0 Å². The SMILES string of the molecule is O=C(NCC1CN(c2ccc(Cl)cc2)C(=O)O1)c1ccc(F)c(F)c1F. The molecule has 0 radical (unpaired) electrons. The van der Waals surface area contributed by atoms with E-state index in [1.807, 2.05) is 0 Å². The molecule has 1 aliphatic heterocycles. The molecule has 2 amide bonds. The van der Waals surface area contributed by atoms with Gasteiger partial charge in [0.25, 0.3) is 5.91 Å². The van der Waals surface area contributed by atoms with E-state index in [0.29, 0.717) is 16.8 Å². The van der Waals surface area contributed by atoms with Crippen LogP contribution < -0.4 is 10.2 Å². The molecule has 1 heterocycles. The van der Waals surface area contributed by atoms with Gasteiger partial charge in [0.1, 0.15) is 6.10 Å². The maximum Gasteiger partial charge on any atom is 0.414 e. The zero-order valence-corrected chi connectivity index (χ0v) is 13.9. The summed E-state index contributed by atoms with van der Waals surface area (Å²) in [4.78, 5) is 25.2. The van der Waals surface area contributed by atoms with Gasteiger partial charge in [-0.25, -0.2) is 18.0 Å². The van der Waals surface area contributed by atoms with Crippen molar-refractivity contribution in [1.82, 2.24) is 5.32 Å². The molecular formula is C17H12ClF3N2O3. The molecule has 0 bridgehead atoms. The third-order valence-electron chi connectivity index (χ3n) is 3.78. The Morgan fingerprint density at radius 1 is 1.15 bits per heavy atom. The van der Waals surface area contributed by atoms with Gasteiger partial charge >= 0.3 is 6.09 Å². The van der Waals surface area contributed by atoms with Crippen molar-refractivity contribution < 1.29 is 27.5 Å². The molecule has 0 spiro atoms. The van der Waals surface area contributed by atoms with E-state index in [1.165, 1.54) is 4.90 Å². The third kappa shape index (κ3) is 3.60. The van der Waals surface area contributed by atoms with Gasteiger partial charge in [0.15, 0.2) is 17.5 Å². The predicted octanol–water partition coefficient (Wildman–Crippen LogP) is 3.51. The number of cyclic esters (lactones) is 1. The second-order valence-electron chi connectivity index (χ2n) is 5.53. The minimum Gasteiger partial charge on any atom is -0.442 e. The van der Waals surface area contributed by atoms with Crippen LogP contribution in [0, 0.1) is 17.5 Å². The van der Waals surface area contributed by atoms with E-state index in [1.54, 1.807) is 24.3 Å². The minimum atomic E-state index is -1.72. The van der Waals surface area contributed by atoms with Gasteiger partial charge in [0.2, 0.25) is 0 Å². The molecule has 1 N–H and O–H groups in total. The average Bonchev–Trinajstić information content (AvgIpc) is 2.99. The average molecular weight is 385 g/mol. The van der Waals surface area contributed by atoms with E-state index >= 15 is 0 Å². The molecule has 26 heavy (non-hydrogen) atoms. The summed E-state index contributed by atoms with van der Waals surface area (Å²) < 4.78 is 44.8. The van der Waals surface area contributed by atoms with Crippen molar-refractivity contribution in [2.75, 3.05) is 18.0 Å². The fraction of sp³-hybridized carbons (Fsp3) is 0.176. The molecule has 1 fully saturated rings. The van der Waals surface area contributed by atoms with Crippen LogP contribution in [0.1, 0.15) is 10.4 Å². The zero-order valence-electron chi connectivity index (χ0n) is 13.1. The van der Waals surface area contributed by atoms with Gasteiger partial charge in [-0.3, -0.25) is 9.69 Å². The van der Waals surface area contributed by atoms with E-state index in [2.05, 4.69) is 5.32 Å². The lowest BCUT2D eigenvalue weighted by Gasteiger charge is -2.13. The molecule has 136 valence electrons. The van der Waals surface area contributed by atoms with Crippen LogP contribution in [0.25, 0.3) is 0 Å². The lowest BCUT2D eigenvalue weighted by molar-refractivity contribution is 0.0911. The second kappa shape index (κ2) is 7.25. The summed E-state index contributed by atoms with van der Waals surface area (Å²) in [5.41, 5.74) is -0.0670. The molecule has 1 atom stereocenters. The lowest BCUT2D eigenvalue weighted by atomic mass is 10.2. The fourth-order valence-electron chi connectivity index (χ4n) is 2.46. The monoisotopic (exact) mass is 384 g/mol. The quantitative estimate of drug-likeness (QED) is 0.821. The smallest absolute Gasteiger partial charge is 0.414 e. The van der Waals surface area contributed by atoms with E-state index in [9.17, 15) is 22.8 Å². The Kier molecular flexibility index (Phi) is 5.03. The first-order chi connectivity index (χ1) is 12.4. The number of hydrogen-bond donors (Lipinski definition) is 1. The van der Waals surface area contributed by atoms with E-state index in [4.69, 9.17) is 16.3 Å². The van der Waals surface area contributed by atoms with Crippen molar-refractivity contribution in [2.24, 2.45) is 0 Å². The largest absolute Gasteiger partial charge is 0.442 e. The second-order valence-corrected chi connectivity index (χ2v) is 5.96. The van der Waals surface area contributed by atoms with Crippen LogP contribution in [0.15, 0.2) is 36.4 Å². The maximum absolute atomic E-state index is 13.6. The first kappa shape index (κ1) is 18.1. The van der Waals surface area contributed by atoms with Crippen LogP contribution in [-0.4, -0.2) is 31.2 Å². The van der Waals surface area contributed by atoms with Gasteiger partial charge in [-0.1, -0.05) is 11.6 Å². The molecular weight excluding hydrogens is 373 g/mol. The molecule has 1 unspecified atom stereocenters. The molecule has 0 aromatic heterocycles. The van der Waals surface area contributed by atoms with E-state index in [-0.39, 0.29) is 13.1 Å². The Morgan fingerprint density at radius 3 is 2.54 bits per heavy atom. The summed E-state index contributed by atoms with van der Waals surface area (Å²) >= 11 is 5.80. The number of benzene rings is 2. The maximum atomic E-state index is 13.6. The van der Waals surface area contributed by atoms with Crippen molar-refractivity contribution >= 4 is 29.3 Å². The topological polar surface area (TPSA) is 58.6 Å². The number of anilines is 1. The number of rotatable bonds is 4. The number of nitrogens with one attached hydrogen (secondary N) is 1. The highest BCUT2D eigenvalue weighted by Crippen LogP contribution is 2.23. The Bertz CT molecular complexity index is 861. The summed E-state index contributed by atoms with van der Waals surface area (Å²) in [6.07, 6.45) is -1.29. The van der Waals surface area contributed by atoms with Crippen molar-refractivity contribution in [2.45, 2.75) is 6.10 Å². The standard InChI is InChI=1S/C17H12ClF3N2O3/c18-9-1-3-10(4-2-9)23-8-11(26-17(23)25)7-22-16(24)12-5-6-13(19)15(21)14(12)20/h1-6,11H,7-8H2,(H,22,24). The van der Waals surface area contributed by atoms with Crippen molar-refractivity contribution in [3.05, 3.63) is 64.4 Å². The highest BCUT2D eigenvalue weighted by atomic mass is 35.5. The third-order valence-corrected chi connectivity index (χ3v) is 4.03. The molecule has 0 aliphatic carbocycles. The molecule has 2 aromatic rings. The van der Waals surface area contributed by atoms with Gasteiger partial charge in [0.05, 0.1) is 18.7 Å². The molecule has 9 heteroatoms. The number of carbonyl (C=O) groups is 2. The predicted molar refractivity (Wildman–Crippen MR) is 87.7 cm³/mol. The lowest BCUT2D eigenvalue weighted by Crippen LogP contribution is -2.35. The Balaban J connectivity index is 1.62. The molecule has 1 aliphatic rings. The number of halogens is 4. The molecule has 2 aromatic carbocycles. The normalized spacial score (nSPS) is 16.5. The van der Waals surface area contributed by atoms with Crippen LogP contribution in [0.2, 0.25) is 5.02 Å². The first-order valence-corrected chi connectivity index (χ1v) is 7.90. The van der Waals surface area contributed by atoms with Crippen molar-refractivity contribution in [3.8, 4) is 0 Å². The van der Waals surface area contributed by atoms with Crippen molar-refractivity contribution in [3.63, 3.8) is 0 Å². The number of hydrogen-bond acceptors (Lipinski definition) is 3. The van der Waals surface area contributed by atoms with E-state index in [0.717, 1.165) is 6.07 Å². The first-order valence-electron chi connectivity index (χ1n) is 7.52. The zero-order chi connectivity index (χ0) is 18.8. The van der Waals surface area contributed by atoms with E-state index < -0.39 is 41.1 Å². The summed E-state index contributed by atoms with van der Waals surface area (Å²) in [7, 11) is 0. The molecule has 3 rings (SSSR count). The number of amides is 2. The number of nitrogens with zero attached hydrogens (tertiary/aromatic N) is 1. The molecule has 1 saturated heterocycles. The van der Waals surface area contributed by atoms with Gasteiger partial charge in [-0.2, -0.15) is 0 Å². The summed E-state index contributed by atoms with van der Waals surface area (Å²) in [5.74, 6) is -5.63. The fourth-order valence-corrected chi connectivity index (χ4v) is 2.59. The highest BCUT2D eigenvalue weighted by molar-refractivity contribution is 6.30. The minimum absolute atomic E-state index is 0.118. The molecule has 5 nitrogen and oxygen atoms in total. The summed E-state index contributed by atoms with van der Waals surface area (Å²) in [6, 6.07) is 8.01. The van der Waals surface area contributed by atoms with Crippen LogP contribution in [0.4, 0.5) is 23.7 Å². The molecule has 0 saturated carbocycles. The van der Waals surface area contributed by atoms with Crippen LogP contribution in [0.5, 0.6) is 0 Å². The Hall–Kier alpha value is -2.74. The van der Waals surface area contributed by atoms with Crippen LogP contribution >= 0.6 is 11.6 Å². The van der Waals surface area contributed by atoms with Crippen molar-refractivity contribution in [1.29, 1.82) is 0 Å². The van der Waals surface area contributed by atoms with Gasteiger partial charge in [-0.15, -0.1) is 0 Å². The summed E-state index contributed by atoms with van der Waals surface area (Å²) in [6.45, 7) is 0.0358. The Morgan fingerprint density at radius 2 is 1.85 bits per heavy atom.